The zero-order chi connectivity index (χ0) is 15.4. The molecule has 0 fully saturated rings. The lowest BCUT2D eigenvalue weighted by Gasteiger charge is -2.08. The Labute approximate surface area is 135 Å². The molecule has 0 radical (unpaired) electrons. The molecular weight excluding hydrogens is 294 g/mol. The molecule has 1 aromatic heterocycles. The maximum absolute atomic E-state index is 12.2. The van der Waals surface area contributed by atoms with E-state index < -0.39 is 0 Å². The summed E-state index contributed by atoms with van der Waals surface area (Å²) in [7, 11) is 0. The summed E-state index contributed by atoms with van der Waals surface area (Å²) in [6, 6.07) is 9.32. The molecule has 0 atom stereocenters. The predicted octanol–water partition coefficient (Wildman–Crippen LogP) is 3.70. The Morgan fingerprint density at radius 2 is 1.95 bits per heavy atom. The zero-order valence-corrected chi connectivity index (χ0v) is 13.4. The van der Waals surface area contributed by atoms with Gasteiger partial charge in [0, 0.05) is 11.4 Å². The molecule has 1 aliphatic carbocycles. The molecular formula is C18H21NO2S. The van der Waals surface area contributed by atoms with Gasteiger partial charge in [0.2, 0.25) is 0 Å². The van der Waals surface area contributed by atoms with E-state index in [4.69, 9.17) is 0 Å². The zero-order valence-electron chi connectivity index (χ0n) is 12.6. The highest BCUT2D eigenvalue weighted by Crippen LogP contribution is 2.29. The largest absolute Gasteiger partial charge is 0.508 e. The summed E-state index contributed by atoms with van der Waals surface area (Å²) in [5, 5.41) is 12.3. The van der Waals surface area contributed by atoms with Crippen LogP contribution in [-0.4, -0.2) is 17.6 Å². The van der Waals surface area contributed by atoms with Gasteiger partial charge in [0.25, 0.3) is 5.91 Å². The molecule has 1 amide bonds. The van der Waals surface area contributed by atoms with Gasteiger partial charge in [-0.1, -0.05) is 12.1 Å². The van der Waals surface area contributed by atoms with Crippen molar-refractivity contribution < 1.29 is 9.90 Å². The molecule has 1 aromatic carbocycles. The van der Waals surface area contributed by atoms with Crippen molar-refractivity contribution in [2.45, 2.75) is 38.5 Å². The number of amides is 1. The summed E-state index contributed by atoms with van der Waals surface area (Å²) in [6.07, 6.45) is 6.57. The molecule has 0 bridgehead atoms. The van der Waals surface area contributed by atoms with Crippen LogP contribution in [0.1, 0.15) is 44.9 Å². The van der Waals surface area contributed by atoms with Gasteiger partial charge >= 0.3 is 0 Å². The maximum atomic E-state index is 12.2. The molecule has 1 aliphatic rings. The number of hydrogen-bond acceptors (Lipinski definition) is 3. The van der Waals surface area contributed by atoms with Crippen LogP contribution >= 0.6 is 11.3 Å². The Morgan fingerprint density at radius 3 is 2.73 bits per heavy atom. The van der Waals surface area contributed by atoms with Gasteiger partial charge in [-0.05, 0) is 67.9 Å². The van der Waals surface area contributed by atoms with E-state index in [1.807, 2.05) is 12.1 Å². The van der Waals surface area contributed by atoms with Crippen molar-refractivity contribution in [3.63, 3.8) is 0 Å². The van der Waals surface area contributed by atoms with Crippen molar-refractivity contribution in [2.24, 2.45) is 0 Å². The lowest BCUT2D eigenvalue weighted by Crippen LogP contribution is -2.23. The molecule has 3 rings (SSSR count). The number of phenols is 1. The molecule has 0 saturated heterocycles. The first-order chi connectivity index (χ1) is 10.7. The first kappa shape index (κ1) is 15.1. The fourth-order valence-electron chi connectivity index (χ4n) is 2.85. The van der Waals surface area contributed by atoms with E-state index >= 15 is 0 Å². The molecule has 1 heterocycles. The van der Waals surface area contributed by atoms with E-state index in [1.165, 1.54) is 28.8 Å². The molecule has 0 unspecified atom stereocenters. The lowest BCUT2D eigenvalue weighted by atomic mass is 9.99. The third-order valence-corrected chi connectivity index (χ3v) is 5.32. The summed E-state index contributed by atoms with van der Waals surface area (Å²) in [5.41, 5.74) is 2.56. The van der Waals surface area contributed by atoms with Crippen LogP contribution in [0.15, 0.2) is 30.3 Å². The smallest absolute Gasteiger partial charge is 0.261 e. The van der Waals surface area contributed by atoms with Crippen LogP contribution in [0, 0.1) is 0 Å². The third-order valence-electron chi connectivity index (χ3n) is 4.08. The van der Waals surface area contributed by atoms with E-state index in [0.29, 0.717) is 12.3 Å². The summed E-state index contributed by atoms with van der Waals surface area (Å²) in [5.74, 6) is 0.351. The van der Waals surface area contributed by atoms with E-state index in [2.05, 4.69) is 11.4 Å². The maximum Gasteiger partial charge on any atom is 0.261 e. The minimum absolute atomic E-state index is 0.0603. The Balaban J connectivity index is 1.46. The second-order valence-corrected chi connectivity index (χ2v) is 6.93. The number of fused-ring (bicyclic) bond motifs is 1. The molecule has 116 valence electrons. The highest BCUT2D eigenvalue weighted by atomic mass is 32.1. The second-order valence-electron chi connectivity index (χ2n) is 5.79. The van der Waals surface area contributed by atoms with Crippen LogP contribution in [0.4, 0.5) is 0 Å². The van der Waals surface area contributed by atoms with Gasteiger partial charge in [-0.25, -0.2) is 0 Å². The normalized spacial score (nSPS) is 13.6. The molecule has 3 nitrogen and oxygen atoms in total. The number of benzene rings is 1. The average Bonchev–Trinajstić information content (AvgIpc) is 2.97. The fraction of sp³-hybridized carbons (Fsp3) is 0.389. The van der Waals surface area contributed by atoms with Gasteiger partial charge in [0.15, 0.2) is 0 Å². The van der Waals surface area contributed by atoms with Crippen molar-refractivity contribution in [2.75, 3.05) is 6.54 Å². The molecule has 2 aromatic rings. The molecule has 2 N–H and O–H groups in total. The predicted molar refractivity (Wildman–Crippen MR) is 89.7 cm³/mol. The Hall–Kier alpha value is -1.81. The number of nitrogens with one attached hydrogen (secondary N) is 1. The fourth-order valence-corrected chi connectivity index (χ4v) is 4.02. The van der Waals surface area contributed by atoms with Gasteiger partial charge < -0.3 is 10.4 Å². The highest BCUT2D eigenvalue weighted by Gasteiger charge is 2.16. The van der Waals surface area contributed by atoms with E-state index in [0.717, 1.165) is 30.6 Å². The van der Waals surface area contributed by atoms with Crippen LogP contribution in [0.5, 0.6) is 5.75 Å². The van der Waals surface area contributed by atoms with Gasteiger partial charge in [0.1, 0.15) is 5.75 Å². The summed E-state index contributed by atoms with van der Waals surface area (Å²) in [6.45, 7) is 0.683. The Morgan fingerprint density at radius 1 is 1.18 bits per heavy atom. The van der Waals surface area contributed by atoms with Crippen LogP contribution in [0.25, 0.3) is 0 Å². The quantitative estimate of drug-likeness (QED) is 0.827. The van der Waals surface area contributed by atoms with E-state index in [-0.39, 0.29) is 5.91 Å². The molecule has 22 heavy (non-hydrogen) atoms. The van der Waals surface area contributed by atoms with Gasteiger partial charge in [-0.3, -0.25) is 4.79 Å². The van der Waals surface area contributed by atoms with Gasteiger partial charge in [0.05, 0.1) is 4.88 Å². The number of aryl methyl sites for hydroxylation is 3. The summed E-state index contributed by atoms with van der Waals surface area (Å²) >= 11 is 1.66. The molecule has 0 aliphatic heterocycles. The van der Waals surface area contributed by atoms with Crippen molar-refractivity contribution in [3.05, 3.63) is 51.2 Å². The SMILES string of the molecule is O=C(NCCCc1ccc(O)cc1)c1cc2c(s1)CCCC2. The number of hydrogen-bond donors (Lipinski definition) is 2. The Kier molecular flexibility index (Phi) is 4.78. The minimum Gasteiger partial charge on any atom is -0.508 e. The van der Waals surface area contributed by atoms with Crippen LogP contribution in [-0.2, 0) is 19.3 Å². The van der Waals surface area contributed by atoms with E-state index in [9.17, 15) is 9.90 Å². The van der Waals surface area contributed by atoms with Crippen LogP contribution in [0.2, 0.25) is 0 Å². The van der Waals surface area contributed by atoms with Gasteiger partial charge in [-0.2, -0.15) is 0 Å². The monoisotopic (exact) mass is 315 g/mol. The van der Waals surface area contributed by atoms with Gasteiger partial charge in [-0.15, -0.1) is 11.3 Å². The summed E-state index contributed by atoms with van der Waals surface area (Å²) < 4.78 is 0. The summed E-state index contributed by atoms with van der Waals surface area (Å²) in [4.78, 5) is 14.4. The number of carbonyl (C=O) groups excluding carboxylic acids is 1. The highest BCUT2D eigenvalue weighted by molar-refractivity contribution is 7.14. The minimum atomic E-state index is 0.0603. The third kappa shape index (κ3) is 3.69. The van der Waals surface area contributed by atoms with Crippen LogP contribution in [0.3, 0.4) is 0 Å². The van der Waals surface area contributed by atoms with Crippen molar-refractivity contribution in [1.82, 2.24) is 5.32 Å². The van der Waals surface area contributed by atoms with Crippen molar-refractivity contribution in [3.8, 4) is 5.75 Å². The molecule has 0 saturated carbocycles. The number of carbonyl (C=O) groups is 1. The van der Waals surface area contributed by atoms with E-state index in [1.54, 1.807) is 23.5 Å². The number of rotatable bonds is 5. The number of aromatic hydroxyl groups is 1. The topological polar surface area (TPSA) is 49.3 Å². The second kappa shape index (κ2) is 6.97. The van der Waals surface area contributed by atoms with Crippen molar-refractivity contribution >= 4 is 17.2 Å². The average molecular weight is 315 g/mol. The lowest BCUT2D eigenvalue weighted by molar-refractivity contribution is 0.0957. The standard InChI is InChI=1S/C18H21NO2S/c20-15-9-7-13(8-10-15)4-3-11-19-18(21)17-12-14-5-1-2-6-16(14)22-17/h7-10,12,20H,1-6,11H2,(H,19,21). The Bertz CT molecular complexity index is 622. The molecule has 4 heteroatoms. The number of phenolic OH excluding ortho intramolecular Hbond substituents is 1. The van der Waals surface area contributed by atoms with Crippen LogP contribution < -0.4 is 5.32 Å². The van der Waals surface area contributed by atoms with Crippen molar-refractivity contribution in [1.29, 1.82) is 0 Å². The first-order valence-corrected chi connectivity index (χ1v) is 8.72. The molecule has 0 spiro atoms. The first-order valence-electron chi connectivity index (χ1n) is 7.90. The number of thiophene rings is 1.